The molecule has 110 valence electrons. The van der Waals surface area contributed by atoms with Crippen molar-refractivity contribution in [3.63, 3.8) is 0 Å². The van der Waals surface area contributed by atoms with E-state index >= 15 is 0 Å². The van der Waals surface area contributed by atoms with Crippen molar-refractivity contribution in [2.75, 3.05) is 0 Å². The lowest BCUT2D eigenvalue weighted by molar-refractivity contribution is -0.434. The van der Waals surface area contributed by atoms with Crippen molar-refractivity contribution in [2.45, 2.75) is 65.1 Å². The lowest BCUT2D eigenvalue weighted by Crippen LogP contribution is -2.64. The van der Waals surface area contributed by atoms with Gasteiger partial charge in [0.2, 0.25) is 0 Å². The van der Waals surface area contributed by atoms with Gasteiger partial charge in [-0.1, -0.05) is 20.8 Å². The Hall–Kier alpha value is -0.460. The molecule has 0 aliphatic rings. The van der Waals surface area contributed by atoms with Gasteiger partial charge in [-0.15, -0.1) is 0 Å². The fourth-order valence-corrected chi connectivity index (χ4v) is 1.20. The Balaban J connectivity index is 5.81. The first-order valence-corrected chi connectivity index (χ1v) is 5.29. The van der Waals surface area contributed by atoms with Crippen LogP contribution in [0.5, 0.6) is 0 Å². The molecule has 0 aromatic carbocycles. The standard InChI is InChI=1S/C11H18F6O/c1-7(2,3)9(12,13)10(14,11(15,16)17)18-8(4,5)6/h1-6H3. The summed E-state index contributed by atoms with van der Waals surface area (Å²) in [4.78, 5) is 0. The summed E-state index contributed by atoms with van der Waals surface area (Å²) < 4.78 is 83.6. The van der Waals surface area contributed by atoms with Crippen molar-refractivity contribution >= 4 is 0 Å². The van der Waals surface area contributed by atoms with Crippen LogP contribution in [0.4, 0.5) is 26.3 Å². The van der Waals surface area contributed by atoms with Gasteiger partial charge in [-0.2, -0.15) is 26.3 Å². The Bertz CT molecular complexity index is 296. The second-order valence-electron chi connectivity index (χ2n) is 6.13. The third kappa shape index (κ3) is 3.10. The molecule has 7 heteroatoms. The van der Waals surface area contributed by atoms with Crippen LogP contribution in [0.2, 0.25) is 0 Å². The molecule has 0 amide bonds. The van der Waals surface area contributed by atoms with Crippen LogP contribution in [0.25, 0.3) is 0 Å². The Morgan fingerprint density at radius 3 is 1.17 bits per heavy atom. The summed E-state index contributed by atoms with van der Waals surface area (Å²) in [5.41, 5.74) is -3.96. The van der Waals surface area contributed by atoms with E-state index in [0.717, 1.165) is 41.5 Å². The van der Waals surface area contributed by atoms with E-state index in [-0.39, 0.29) is 0 Å². The van der Waals surface area contributed by atoms with E-state index < -0.39 is 29.0 Å². The van der Waals surface area contributed by atoms with Crippen LogP contribution in [0, 0.1) is 5.41 Å². The highest BCUT2D eigenvalue weighted by Crippen LogP contribution is 2.54. The maximum atomic E-state index is 14.0. The number of alkyl halides is 6. The highest BCUT2D eigenvalue weighted by atomic mass is 19.4. The molecule has 0 fully saturated rings. The molecular weight excluding hydrogens is 262 g/mol. The minimum Gasteiger partial charge on any atom is -0.328 e. The molecule has 0 aromatic rings. The second kappa shape index (κ2) is 4.28. The summed E-state index contributed by atoms with van der Waals surface area (Å²) in [7, 11) is 0. The van der Waals surface area contributed by atoms with E-state index in [2.05, 4.69) is 4.74 Å². The molecule has 18 heavy (non-hydrogen) atoms. The van der Waals surface area contributed by atoms with Crippen molar-refractivity contribution < 1.29 is 31.1 Å². The quantitative estimate of drug-likeness (QED) is 0.665. The maximum absolute atomic E-state index is 14.0. The Labute approximate surface area is 102 Å². The Morgan fingerprint density at radius 2 is 1.00 bits per heavy atom. The van der Waals surface area contributed by atoms with Crippen molar-refractivity contribution in [1.29, 1.82) is 0 Å². The smallest absolute Gasteiger partial charge is 0.328 e. The topological polar surface area (TPSA) is 9.23 Å². The predicted octanol–water partition coefficient (Wildman–Crippen LogP) is 4.71. The zero-order chi connectivity index (χ0) is 15.2. The highest BCUT2D eigenvalue weighted by molar-refractivity contribution is 5.00. The van der Waals surface area contributed by atoms with Gasteiger partial charge in [-0.05, 0) is 20.8 Å². The number of hydrogen-bond donors (Lipinski definition) is 0. The molecule has 0 bridgehead atoms. The molecule has 0 aliphatic carbocycles. The summed E-state index contributed by atoms with van der Waals surface area (Å²) in [5, 5.41) is 0. The zero-order valence-corrected chi connectivity index (χ0v) is 11.2. The molecule has 1 nitrogen and oxygen atoms in total. The van der Waals surface area contributed by atoms with Gasteiger partial charge in [0.1, 0.15) is 0 Å². The predicted molar refractivity (Wildman–Crippen MR) is 55.1 cm³/mol. The first-order valence-electron chi connectivity index (χ1n) is 5.29. The largest absolute Gasteiger partial charge is 0.455 e. The van der Waals surface area contributed by atoms with Crippen LogP contribution < -0.4 is 0 Å². The third-order valence-corrected chi connectivity index (χ3v) is 2.16. The number of halogens is 6. The average Bonchev–Trinajstić information content (AvgIpc) is 1.95. The third-order valence-electron chi connectivity index (χ3n) is 2.16. The van der Waals surface area contributed by atoms with Crippen LogP contribution in [0.15, 0.2) is 0 Å². The van der Waals surface area contributed by atoms with E-state index in [1.807, 2.05) is 0 Å². The van der Waals surface area contributed by atoms with Gasteiger partial charge < -0.3 is 4.74 Å². The van der Waals surface area contributed by atoms with Gasteiger partial charge in [0.15, 0.2) is 0 Å². The van der Waals surface area contributed by atoms with Crippen LogP contribution in [-0.4, -0.2) is 23.6 Å². The molecule has 0 saturated heterocycles. The highest BCUT2D eigenvalue weighted by Gasteiger charge is 2.77. The molecule has 0 radical (unpaired) electrons. The Kier molecular flexibility index (Phi) is 4.17. The maximum Gasteiger partial charge on any atom is 0.455 e. The molecule has 0 spiro atoms. The van der Waals surface area contributed by atoms with Crippen molar-refractivity contribution in [3.8, 4) is 0 Å². The fourth-order valence-electron chi connectivity index (χ4n) is 1.20. The summed E-state index contributed by atoms with van der Waals surface area (Å²) in [6.45, 7) is 5.68. The van der Waals surface area contributed by atoms with Crippen LogP contribution in [-0.2, 0) is 4.74 Å². The SMILES string of the molecule is CC(C)(C)OC(F)(C(F)(F)F)C(F)(F)C(C)(C)C. The van der Waals surface area contributed by atoms with Gasteiger partial charge in [-0.3, -0.25) is 0 Å². The molecule has 1 unspecified atom stereocenters. The van der Waals surface area contributed by atoms with Gasteiger partial charge in [0.05, 0.1) is 5.60 Å². The monoisotopic (exact) mass is 280 g/mol. The molecule has 0 aromatic heterocycles. The van der Waals surface area contributed by atoms with Crippen LogP contribution >= 0.6 is 0 Å². The summed E-state index contributed by atoms with van der Waals surface area (Å²) >= 11 is 0. The van der Waals surface area contributed by atoms with Gasteiger partial charge in [0, 0.05) is 5.41 Å². The Morgan fingerprint density at radius 1 is 0.667 bits per heavy atom. The molecule has 1 atom stereocenters. The van der Waals surface area contributed by atoms with Gasteiger partial charge in [0.25, 0.3) is 0 Å². The summed E-state index contributed by atoms with van der Waals surface area (Å²) in [5.74, 6) is -9.76. The van der Waals surface area contributed by atoms with Crippen molar-refractivity contribution in [2.24, 2.45) is 5.41 Å². The lowest BCUT2D eigenvalue weighted by atomic mass is 9.82. The van der Waals surface area contributed by atoms with E-state index in [9.17, 15) is 26.3 Å². The minimum atomic E-state index is -5.84. The van der Waals surface area contributed by atoms with Crippen molar-refractivity contribution in [3.05, 3.63) is 0 Å². The van der Waals surface area contributed by atoms with E-state index in [0.29, 0.717) is 0 Å². The van der Waals surface area contributed by atoms with Gasteiger partial charge in [-0.25, -0.2) is 0 Å². The zero-order valence-electron chi connectivity index (χ0n) is 11.2. The summed E-state index contributed by atoms with van der Waals surface area (Å²) in [6, 6.07) is 0. The normalized spacial score (nSPS) is 18.7. The van der Waals surface area contributed by atoms with Crippen molar-refractivity contribution in [1.82, 2.24) is 0 Å². The van der Waals surface area contributed by atoms with Crippen LogP contribution in [0.1, 0.15) is 41.5 Å². The first kappa shape index (κ1) is 17.5. The minimum absolute atomic E-state index is 0.819. The lowest BCUT2D eigenvalue weighted by Gasteiger charge is -2.44. The average molecular weight is 280 g/mol. The molecule has 0 aliphatic heterocycles. The van der Waals surface area contributed by atoms with E-state index in [1.54, 1.807) is 0 Å². The van der Waals surface area contributed by atoms with E-state index in [1.165, 1.54) is 0 Å². The summed E-state index contributed by atoms with van der Waals surface area (Å²) in [6.07, 6.45) is -5.84. The molecular formula is C11H18F6O. The second-order valence-corrected chi connectivity index (χ2v) is 6.13. The van der Waals surface area contributed by atoms with Crippen LogP contribution in [0.3, 0.4) is 0 Å². The molecule has 0 rings (SSSR count). The first-order chi connectivity index (χ1) is 7.46. The fraction of sp³-hybridized carbons (Fsp3) is 1.00. The molecule has 0 saturated carbocycles. The molecule has 0 heterocycles. The molecule has 0 N–H and O–H groups in total. The number of rotatable bonds is 2. The van der Waals surface area contributed by atoms with Gasteiger partial charge >= 0.3 is 18.0 Å². The number of ether oxygens (including phenoxy) is 1. The van der Waals surface area contributed by atoms with E-state index in [4.69, 9.17) is 0 Å². The number of hydrogen-bond acceptors (Lipinski definition) is 1.